The quantitative estimate of drug-likeness (QED) is 0.676. The molecule has 0 unspecified atom stereocenters. The van der Waals surface area contributed by atoms with Gasteiger partial charge in [0.25, 0.3) is 5.91 Å². The molecule has 0 heterocycles. The van der Waals surface area contributed by atoms with E-state index in [1.165, 1.54) is 12.1 Å². The molecule has 0 radical (unpaired) electrons. The van der Waals surface area contributed by atoms with Gasteiger partial charge in [0.2, 0.25) is 0 Å². The van der Waals surface area contributed by atoms with Crippen LogP contribution in [0.1, 0.15) is 15.9 Å². The van der Waals surface area contributed by atoms with E-state index in [4.69, 9.17) is 46.4 Å². The second kappa shape index (κ2) is 6.23. The summed E-state index contributed by atoms with van der Waals surface area (Å²) in [5, 5.41) is 3.91. The molecule has 0 aliphatic rings. The van der Waals surface area contributed by atoms with Crippen LogP contribution in [-0.4, -0.2) is 5.91 Å². The maximum atomic E-state index is 12.3. The van der Waals surface area contributed by atoms with E-state index in [0.29, 0.717) is 10.7 Å². The van der Waals surface area contributed by atoms with E-state index in [1.54, 1.807) is 25.1 Å². The molecule has 20 heavy (non-hydrogen) atoms. The van der Waals surface area contributed by atoms with Gasteiger partial charge in [-0.05, 0) is 36.8 Å². The Morgan fingerprint density at radius 2 is 1.60 bits per heavy atom. The summed E-state index contributed by atoms with van der Waals surface area (Å²) < 4.78 is 0. The van der Waals surface area contributed by atoms with Crippen molar-refractivity contribution in [1.29, 1.82) is 0 Å². The molecule has 0 aliphatic heterocycles. The molecular formula is C14H9Cl4NO. The number of nitrogens with one attached hydrogen (secondary N) is 1. The summed E-state index contributed by atoms with van der Waals surface area (Å²) in [5.41, 5.74) is 1.49. The van der Waals surface area contributed by atoms with E-state index in [0.717, 1.165) is 5.56 Å². The number of halogens is 4. The zero-order valence-electron chi connectivity index (χ0n) is 10.3. The monoisotopic (exact) mass is 347 g/mol. The van der Waals surface area contributed by atoms with Gasteiger partial charge < -0.3 is 5.32 Å². The Bertz CT molecular complexity index is 685. The Morgan fingerprint density at radius 3 is 2.30 bits per heavy atom. The highest BCUT2D eigenvalue weighted by Crippen LogP contribution is 2.32. The summed E-state index contributed by atoms with van der Waals surface area (Å²) >= 11 is 23.9. The molecule has 0 aliphatic carbocycles. The molecule has 2 rings (SSSR count). The minimum atomic E-state index is -0.437. The zero-order valence-corrected chi connectivity index (χ0v) is 13.3. The molecule has 0 spiro atoms. The van der Waals surface area contributed by atoms with Crippen LogP contribution in [0.2, 0.25) is 20.1 Å². The first-order valence-electron chi connectivity index (χ1n) is 5.61. The molecule has 0 aromatic heterocycles. The normalized spacial score (nSPS) is 10.4. The summed E-state index contributed by atoms with van der Waals surface area (Å²) in [6.45, 7) is 1.80. The molecule has 0 fully saturated rings. The SMILES string of the molecule is Cc1c(Cl)cccc1NC(=O)c1c(Cl)ccc(Cl)c1Cl. The lowest BCUT2D eigenvalue weighted by Crippen LogP contribution is -2.14. The van der Waals surface area contributed by atoms with Gasteiger partial charge in [-0.2, -0.15) is 0 Å². The van der Waals surface area contributed by atoms with Crippen molar-refractivity contribution in [1.82, 2.24) is 0 Å². The largest absolute Gasteiger partial charge is 0.322 e. The molecular weight excluding hydrogens is 340 g/mol. The Hall–Kier alpha value is -0.930. The van der Waals surface area contributed by atoms with Gasteiger partial charge in [0.15, 0.2) is 0 Å². The number of benzene rings is 2. The fraction of sp³-hybridized carbons (Fsp3) is 0.0714. The molecule has 6 heteroatoms. The van der Waals surface area contributed by atoms with Crippen molar-refractivity contribution in [2.45, 2.75) is 6.92 Å². The first-order valence-corrected chi connectivity index (χ1v) is 7.13. The van der Waals surface area contributed by atoms with Crippen LogP contribution in [0, 0.1) is 6.92 Å². The third-order valence-corrected chi connectivity index (χ3v) is 4.32. The van der Waals surface area contributed by atoms with Gasteiger partial charge in [-0.3, -0.25) is 4.79 Å². The third kappa shape index (κ3) is 3.04. The molecule has 2 aromatic rings. The van der Waals surface area contributed by atoms with Gasteiger partial charge in [0.05, 0.1) is 20.6 Å². The van der Waals surface area contributed by atoms with Crippen molar-refractivity contribution in [3.8, 4) is 0 Å². The first kappa shape index (κ1) is 15.5. The second-order valence-electron chi connectivity index (χ2n) is 4.08. The third-order valence-electron chi connectivity index (χ3n) is 2.79. The lowest BCUT2D eigenvalue weighted by Gasteiger charge is -2.12. The van der Waals surface area contributed by atoms with Crippen molar-refractivity contribution < 1.29 is 4.79 Å². The van der Waals surface area contributed by atoms with Crippen LogP contribution in [-0.2, 0) is 0 Å². The van der Waals surface area contributed by atoms with Crippen molar-refractivity contribution in [2.75, 3.05) is 5.32 Å². The van der Waals surface area contributed by atoms with E-state index in [-0.39, 0.29) is 20.6 Å². The first-order chi connectivity index (χ1) is 9.41. The summed E-state index contributed by atoms with van der Waals surface area (Å²) in [7, 11) is 0. The maximum absolute atomic E-state index is 12.3. The van der Waals surface area contributed by atoms with Crippen LogP contribution in [0.25, 0.3) is 0 Å². The van der Waals surface area contributed by atoms with E-state index < -0.39 is 5.91 Å². The van der Waals surface area contributed by atoms with Crippen molar-refractivity contribution >= 4 is 58.0 Å². The molecule has 0 atom stereocenters. The molecule has 0 bridgehead atoms. The van der Waals surface area contributed by atoms with Crippen LogP contribution in [0.5, 0.6) is 0 Å². The minimum Gasteiger partial charge on any atom is -0.322 e. The van der Waals surface area contributed by atoms with Crippen LogP contribution in [0.4, 0.5) is 5.69 Å². The number of rotatable bonds is 2. The van der Waals surface area contributed by atoms with E-state index >= 15 is 0 Å². The second-order valence-corrected chi connectivity index (χ2v) is 5.68. The Morgan fingerprint density at radius 1 is 0.950 bits per heavy atom. The van der Waals surface area contributed by atoms with Crippen molar-refractivity contribution in [2.24, 2.45) is 0 Å². The average Bonchev–Trinajstić information content (AvgIpc) is 2.40. The van der Waals surface area contributed by atoms with E-state index in [2.05, 4.69) is 5.32 Å². The molecule has 1 amide bonds. The Kier molecular flexibility index (Phi) is 4.82. The summed E-state index contributed by atoms with van der Waals surface area (Å²) in [4.78, 5) is 12.3. The van der Waals surface area contributed by atoms with Gasteiger partial charge in [-0.25, -0.2) is 0 Å². The molecule has 0 saturated carbocycles. The highest BCUT2D eigenvalue weighted by molar-refractivity contribution is 6.46. The van der Waals surface area contributed by atoms with E-state index in [1.807, 2.05) is 0 Å². The Labute approximate surface area is 136 Å². The summed E-state index contributed by atoms with van der Waals surface area (Å²) in [6, 6.07) is 8.28. The predicted octanol–water partition coefficient (Wildman–Crippen LogP) is 5.86. The predicted molar refractivity (Wildman–Crippen MR) is 85.6 cm³/mol. The smallest absolute Gasteiger partial charge is 0.258 e. The fourth-order valence-corrected chi connectivity index (χ4v) is 2.54. The average molecular weight is 349 g/mol. The maximum Gasteiger partial charge on any atom is 0.258 e. The topological polar surface area (TPSA) is 29.1 Å². The minimum absolute atomic E-state index is 0.122. The molecule has 2 aromatic carbocycles. The molecule has 0 saturated heterocycles. The fourth-order valence-electron chi connectivity index (χ4n) is 1.66. The number of carbonyl (C=O) groups excluding carboxylic acids is 1. The van der Waals surface area contributed by atoms with Gasteiger partial charge in [0.1, 0.15) is 0 Å². The van der Waals surface area contributed by atoms with Crippen molar-refractivity contribution in [3.63, 3.8) is 0 Å². The van der Waals surface area contributed by atoms with Crippen LogP contribution >= 0.6 is 46.4 Å². The Balaban J connectivity index is 2.39. The molecule has 104 valence electrons. The van der Waals surface area contributed by atoms with Gasteiger partial charge in [-0.1, -0.05) is 52.5 Å². The highest BCUT2D eigenvalue weighted by atomic mass is 35.5. The van der Waals surface area contributed by atoms with Gasteiger partial charge in [-0.15, -0.1) is 0 Å². The highest BCUT2D eigenvalue weighted by Gasteiger charge is 2.18. The molecule has 2 nitrogen and oxygen atoms in total. The van der Waals surface area contributed by atoms with Gasteiger partial charge >= 0.3 is 0 Å². The summed E-state index contributed by atoms with van der Waals surface area (Å²) in [6.07, 6.45) is 0. The number of hydrogen-bond acceptors (Lipinski definition) is 1. The number of carbonyl (C=O) groups is 1. The standard InChI is InChI=1S/C14H9Cl4NO/c1-7-8(15)3-2-4-11(7)19-14(20)12-9(16)5-6-10(17)13(12)18/h2-6H,1H3,(H,19,20). The number of hydrogen-bond donors (Lipinski definition) is 1. The lowest BCUT2D eigenvalue weighted by molar-refractivity contribution is 0.102. The van der Waals surface area contributed by atoms with Crippen LogP contribution in [0.3, 0.4) is 0 Å². The zero-order chi connectivity index (χ0) is 14.9. The van der Waals surface area contributed by atoms with Crippen LogP contribution < -0.4 is 5.32 Å². The van der Waals surface area contributed by atoms with Crippen LogP contribution in [0.15, 0.2) is 30.3 Å². The number of amides is 1. The lowest BCUT2D eigenvalue weighted by atomic mass is 10.1. The van der Waals surface area contributed by atoms with E-state index in [9.17, 15) is 4.79 Å². The molecule has 1 N–H and O–H groups in total. The van der Waals surface area contributed by atoms with Gasteiger partial charge in [0, 0.05) is 10.7 Å². The number of anilines is 1. The van der Waals surface area contributed by atoms with Crippen molar-refractivity contribution in [3.05, 3.63) is 61.5 Å². The summed E-state index contributed by atoms with van der Waals surface area (Å²) in [5.74, 6) is -0.437.